The maximum atomic E-state index is 13.5. The average molecular weight is 342 g/mol. The van der Waals surface area contributed by atoms with Crippen LogP contribution in [0.15, 0.2) is 47.0 Å². The van der Waals surface area contributed by atoms with E-state index < -0.39 is 11.8 Å². The van der Waals surface area contributed by atoms with Crippen LogP contribution in [0.2, 0.25) is 0 Å². The molecule has 6 nitrogen and oxygen atoms in total. The van der Waals surface area contributed by atoms with Crippen molar-refractivity contribution in [2.75, 3.05) is 7.11 Å². The van der Waals surface area contributed by atoms with Crippen molar-refractivity contribution in [3.05, 3.63) is 65.3 Å². The number of rotatable bonds is 5. The van der Waals surface area contributed by atoms with E-state index in [1.165, 1.54) is 12.1 Å². The van der Waals surface area contributed by atoms with E-state index in [0.29, 0.717) is 17.1 Å². The molecule has 25 heavy (non-hydrogen) atoms. The lowest BCUT2D eigenvalue weighted by Gasteiger charge is -2.03. The average Bonchev–Trinajstić information content (AvgIpc) is 3.11. The maximum Gasteiger partial charge on any atom is 0.338 e. The highest BCUT2D eigenvalue weighted by atomic mass is 19.1. The van der Waals surface area contributed by atoms with Crippen LogP contribution in [0.25, 0.3) is 11.4 Å². The van der Waals surface area contributed by atoms with Crippen molar-refractivity contribution < 1.29 is 23.2 Å². The van der Waals surface area contributed by atoms with Gasteiger partial charge in [-0.15, -0.1) is 0 Å². The van der Waals surface area contributed by atoms with Gasteiger partial charge in [0.25, 0.3) is 5.89 Å². The summed E-state index contributed by atoms with van der Waals surface area (Å²) in [7, 11) is 1.58. The molecule has 0 spiro atoms. The third-order valence-corrected chi connectivity index (χ3v) is 3.55. The minimum absolute atomic E-state index is 0.123. The number of carbonyl (C=O) groups excluding carboxylic acids is 1. The van der Waals surface area contributed by atoms with Gasteiger partial charge in [-0.05, 0) is 48.9 Å². The smallest absolute Gasteiger partial charge is 0.338 e. The molecule has 0 amide bonds. The maximum absolute atomic E-state index is 13.5. The molecule has 0 saturated carbocycles. The molecule has 0 aliphatic rings. The third kappa shape index (κ3) is 3.82. The molecule has 1 aromatic heterocycles. The predicted molar refractivity (Wildman–Crippen MR) is 86.5 cm³/mol. The van der Waals surface area contributed by atoms with Crippen LogP contribution in [0.3, 0.4) is 0 Å². The first-order chi connectivity index (χ1) is 12.1. The van der Waals surface area contributed by atoms with E-state index in [4.69, 9.17) is 14.0 Å². The molecule has 0 N–H and O–H groups in total. The van der Waals surface area contributed by atoms with Crippen molar-refractivity contribution in [1.29, 1.82) is 0 Å². The van der Waals surface area contributed by atoms with Crippen molar-refractivity contribution >= 4 is 5.97 Å². The molecule has 0 aliphatic carbocycles. The Morgan fingerprint density at radius 1 is 1.20 bits per heavy atom. The number of ether oxygens (including phenoxy) is 2. The van der Waals surface area contributed by atoms with Gasteiger partial charge in [0.1, 0.15) is 11.6 Å². The zero-order chi connectivity index (χ0) is 17.8. The topological polar surface area (TPSA) is 74.5 Å². The number of esters is 1. The molecule has 0 radical (unpaired) electrons. The minimum atomic E-state index is -0.664. The number of hydrogen-bond donors (Lipinski definition) is 0. The summed E-state index contributed by atoms with van der Waals surface area (Å²) in [5.41, 5.74) is 1.32. The van der Waals surface area contributed by atoms with Crippen molar-refractivity contribution in [3.63, 3.8) is 0 Å². The van der Waals surface area contributed by atoms with Gasteiger partial charge in [0, 0.05) is 5.56 Å². The number of carbonyl (C=O) groups is 1. The molecule has 0 aliphatic heterocycles. The highest BCUT2D eigenvalue weighted by Gasteiger charge is 2.13. The number of aryl methyl sites for hydroxylation is 1. The van der Waals surface area contributed by atoms with Crippen LogP contribution in [-0.2, 0) is 11.3 Å². The fraction of sp³-hybridized carbons (Fsp3) is 0.167. The fourth-order valence-electron chi connectivity index (χ4n) is 2.10. The van der Waals surface area contributed by atoms with Gasteiger partial charge in [0.2, 0.25) is 5.82 Å². The van der Waals surface area contributed by atoms with E-state index in [9.17, 15) is 9.18 Å². The molecule has 3 rings (SSSR count). The van der Waals surface area contributed by atoms with Crippen LogP contribution in [0.4, 0.5) is 4.39 Å². The van der Waals surface area contributed by atoms with E-state index in [2.05, 4.69) is 10.1 Å². The standard InChI is InChI=1S/C18H15FN2O4/c1-11-3-4-13(9-15(11)19)18(22)24-10-16-20-17(21-25-16)12-5-7-14(23-2)8-6-12/h3-9H,10H2,1-2H3. The Labute approximate surface area is 143 Å². The van der Waals surface area contributed by atoms with E-state index in [1.54, 1.807) is 38.3 Å². The van der Waals surface area contributed by atoms with E-state index in [0.717, 1.165) is 11.6 Å². The largest absolute Gasteiger partial charge is 0.497 e. The second kappa shape index (κ2) is 7.12. The predicted octanol–water partition coefficient (Wildman–Crippen LogP) is 3.55. The molecule has 1 heterocycles. The summed E-state index contributed by atoms with van der Waals surface area (Å²) >= 11 is 0. The van der Waals surface area contributed by atoms with Gasteiger partial charge in [0.05, 0.1) is 12.7 Å². The first-order valence-electron chi connectivity index (χ1n) is 7.47. The Bertz CT molecular complexity index is 890. The van der Waals surface area contributed by atoms with Gasteiger partial charge in [-0.25, -0.2) is 9.18 Å². The SMILES string of the molecule is COc1ccc(-c2noc(COC(=O)c3ccc(C)c(F)c3)n2)cc1. The van der Waals surface area contributed by atoms with Crippen LogP contribution in [0, 0.1) is 12.7 Å². The van der Waals surface area contributed by atoms with E-state index in [1.807, 2.05) is 0 Å². The second-order valence-corrected chi connectivity index (χ2v) is 5.28. The minimum Gasteiger partial charge on any atom is -0.497 e. The molecule has 0 unspecified atom stereocenters. The highest BCUT2D eigenvalue weighted by Crippen LogP contribution is 2.20. The summed E-state index contributed by atoms with van der Waals surface area (Å²) < 4.78 is 28.7. The van der Waals surface area contributed by atoms with Gasteiger partial charge in [-0.1, -0.05) is 11.2 Å². The van der Waals surface area contributed by atoms with Gasteiger partial charge in [-0.2, -0.15) is 4.98 Å². The number of hydrogen-bond acceptors (Lipinski definition) is 6. The van der Waals surface area contributed by atoms with Crippen molar-refractivity contribution in [2.24, 2.45) is 0 Å². The zero-order valence-corrected chi connectivity index (χ0v) is 13.7. The number of aromatic nitrogens is 2. The monoisotopic (exact) mass is 342 g/mol. The fourth-order valence-corrected chi connectivity index (χ4v) is 2.10. The summed E-state index contributed by atoms with van der Waals surface area (Å²) in [6.45, 7) is 1.42. The van der Waals surface area contributed by atoms with Crippen molar-refractivity contribution in [3.8, 4) is 17.1 Å². The second-order valence-electron chi connectivity index (χ2n) is 5.28. The number of methoxy groups -OCH3 is 1. The van der Waals surface area contributed by atoms with Crippen LogP contribution in [0.5, 0.6) is 5.75 Å². The van der Waals surface area contributed by atoms with E-state index in [-0.39, 0.29) is 18.1 Å². The summed E-state index contributed by atoms with van der Waals surface area (Å²) in [5.74, 6) is 0.102. The summed E-state index contributed by atoms with van der Waals surface area (Å²) in [6, 6.07) is 11.3. The number of nitrogens with zero attached hydrogens (tertiary/aromatic N) is 2. The number of benzene rings is 2. The molecule has 0 fully saturated rings. The molecular formula is C18H15FN2O4. The van der Waals surface area contributed by atoms with Crippen LogP contribution >= 0.6 is 0 Å². The quantitative estimate of drug-likeness (QED) is 0.660. The van der Waals surface area contributed by atoms with Gasteiger partial charge < -0.3 is 14.0 Å². The molecule has 2 aromatic carbocycles. The third-order valence-electron chi connectivity index (χ3n) is 3.55. The van der Waals surface area contributed by atoms with E-state index >= 15 is 0 Å². The van der Waals surface area contributed by atoms with Gasteiger partial charge >= 0.3 is 5.97 Å². The normalized spacial score (nSPS) is 10.5. The molecule has 128 valence electrons. The summed E-state index contributed by atoms with van der Waals surface area (Å²) in [4.78, 5) is 16.1. The summed E-state index contributed by atoms with van der Waals surface area (Å²) in [5, 5.41) is 3.84. The lowest BCUT2D eigenvalue weighted by atomic mass is 10.1. The summed E-state index contributed by atoms with van der Waals surface area (Å²) in [6.07, 6.45) is 0. The van der Waals surface area contributed by atoms with Crippen LogP contribution < -0.4 is 4.74 Å². The molecule has 0 bridgehead atoms. The Morgan fingerprint density at radius 2 is 1.96 bits per heavy atom. The Balaban J connectivity index is 1.64. The Morgan fingerprint density at radius 3 is 2.64 bits per heavy atom. The lowest BCUT2D eigenvalue weighted by molar-refractivity contribution is 0.0429. The Kier molecular flexibility index (Phi) is 4.74. The molecule has 0 atom stereocenters. The zero-order valence-electron chi connectivity index (χ0n) is 13.7. The van der Waals surface area contributed by atoms with Gasteiger partial charge in [-0.3, -0.25) is 0 Å². The Hall–Kier alpha value is -3.22. The number of halogens is 1. The van der Waals surface area contributed by atoms with Crippen LogP contribution in [0.1, 0.15) is 21.8 Å². The van der Waals surface area contributed by atoms with Crippen LogP contribution in [-0.4, -0.2) is 23.2 Å². The van der Waals surface area contributed by atoms with Crippen molar-refractivity contribution in [2.45, 2.75) is 13.5 Å². The first kappa shape index (κ1) is 16.6. The molecule has 0 saturated heterocycles. The molecule has 7 heteroatoms. The lowest BCUT2D eigenvalue weighted by Crippen LogP contribution is -2.06. The first-order valence-corrected chi connectivity index (χ1v) is 7.47. The van der Waals surface area contributed by atoms with Gasteiger partial charge in [0.15, 0.2) is 6.61 Å². The van der Waals surface area contributed by atoms with Crippen molar-refractivity contribution in [1.82, 2.24) is 10.1 Å². The highest BCUT2D eigenvalue weighted by molar-refractivity contribution is 5.89. The molecular weight excluding hydrogens is 327 g/mol. The molecule has 3 aromatic rings.